The van der Waals surface area contributed by atoms with E-state index < -0.39 is 0 Å². The van der Waals surface area contributed by atoms with Gasteiger partial charge in [0, 0.05) is 16.3 Å². The number of para-hydroxylation sites is 2. The third-order valence-electron chi connectivity index (χ3n) is 6.46. The first-order chi connectivity index (χ1) is 14.1. The SMILES string of the molecule is CC1CCc2c(c3c(c4[nH]c5ccccc5c24)C(=O)N(c2ccccc2)C3=O)C1. The molecule has 1 aliphatic heterocycles. The monoisotopic (exact) mass is 380 g/mol. The molecule has 3 aromatic carbocycles. The Kier molecular flexibility index (Phi) is 3.31. The van der Waals surface area contributed by atoms with Gasteiger partial charge in [-0.1, -0.05) is 43.3 Å². The fourth-order valence-electron chi connectivity index (χ4n) is 5.14. The van der Waals surface area contributed by atoms with Gasteiger partial charge in [-0.3, -0.25) is 9.59 Å². The minimum atomic E-state index is -0.228. The number of imide groups is 1. The molecule has 2 amide bonds. The van der Waals surface area contributed by atoms with Gasteiger partial charge in [0.1, 0.15) is 0 Å². The zero-order chi connectivity index (χ0) is 19.7. The van der Waals surface area contributed by atoms with Gasteiger partial charge in [-0.05, 0) is 54.5 Å². The lowest BCUT2D eigenvalue weighted by atomic mass is 9.79. The van der Waals surface area contributed by atoms with Gasteiger partial charge >= 0.3 is 0 Å². The van der Waals surface area contributed by atoms with Gasteiger partial charge in [-0.2, -0.15) is 0 Å². The van der Waals surface area contributed by atoms with Crippen LogP contribution in [0.2, 0.25) is 0 Å². The average molecular weight is 380 g/mol. The van der Waals surface area contributed by atoms with Crippen LogP contribution in [0.4, 0.5) is 5.69 Å². The summed E-state index contributed by atoms with van der Waals surface area (Å²) >= 11 is 0. The summed E-state index contributed by atoms with van der Waals surface area (Å²) in [6.45, 7) is 2.23. The molecule has 1 N–H and O–H groups in total. The highest BCUT2D eigenvalue weighted by Crippen LogP contribution is 2.44. The Morgan fingerprint density at radius 3 is 2.45 bits per heavy atom. The van der Waals surface area contributed by atoms with Crippen molar-refractivity contribution >= 4 is 39.3 Å². The van der Waals surface area contributed by atoms with Crippen LogP contribution in [0.1, 0.15) is 45.2 Å². The first kappa shape index (κ1) is 16.5. The second-order valence-electron chi connectivity index (χ2n) is 8.26. The van der Waals surface area contributed by atoms with Gasteiger partial charge in [0.25, 0.3) is 11.8 Å². The number of rotatable bonds is 1. The molecule has 1 aliphatic carbocycles. The van der Waals surface area contributed by atoms with Crippen molar-refractivity contribution in [2.45, 2.75) is 26.2 Å². The molecular formula is C25H20N2O2. The number of H-pyrrole nitrogens is 1. The van der Waals surface area contributed by atoms with Gasteiger partial charge in [0.05, 0.1) is 22.3 Å². The fraction of sp³-hybridized carbons (Fsp3) is 0.200. The maximum atomic E-state index is 13.6. The standard InChI is InChI=1S/C25H20N2O2/c1-14-11-12-16-18(13-14)21-22(23-20(16)17-9-5-6-10-19(17)26-23)25(29)27(24(21)28)15-7-3-2-4-8-15/h2-10,14,26H,11-13H2,1H3. The molecule has 1 atom stereocenters. The molecule has 0 saturated heterocycles. The summed E-state index contributed by atoms with van der Waals surface area (Å²) in [7, 11) is 0. The number of benzene rings is 3. The van der Waals surface area contributed by atoms with E-state index in [0.717, 1.165) is 46.6 Å². The zero-order valence-corrected chi connectivity index (χ0v) is 16.2. The smallest absolute Gasteiger partial charge is 0.268 e. The second kappa shape index (κ2) is 5.80. The van der Waals surface area contributed by atoms with Gasteiger partial charge in [0.2, 0.25) is 0 Å². The maximum absolute atomic E-state index is 13.6. The molecule has 0 radical (unpaired) electrons. The minimum Gasteiger partial charge on any atom is -0.354 e. The van der Waals surface area contributed by atoms with E-state index in [-0.39, 0.29) is 11.8 Å². The van der Waals surface area contributed by atoms with E-state index in [1.54, 1.807) is 0 Å². The summed E-state index contributed by atoms with van der Waals surface area (Å²) in [5, 5.41) is 2.26. The Bertz CT molecular complexity index is 1330. The Hall–Kier alpha value is -3.40. The van der Waals surface area contributed by atoms with Gasteiger partial charge in [-0.15, -0.1) is 0 Å². The van der Waals surface area contributed by atoms with Crippen molar-refractivity contribution in [2.24, 2.45) is 5.92 Å². The van der Waals surface area contributed by atoms with Crippen LogP contribution in [-0.4, -0.2) is 16.8 Å². The first-order valence-electron chi connectivity index (χ1n) is 10.2. The number of nitrogens with zero attached hydrogens (tertiary/aromatic N) is 1. The first-order valence-corrected chi connectivity index (χ1v) is 10.2. The number of amides is 2. The van der Waals surface area contributed by atoms with E-state index in [9.17, 15) is 9.59 Å². The highest BCUT2D eigenvalue weighted by molar-refractivity contribution is 6.39. The van der Waals surface area contributed by atoms with E-state index in [1.165, 1.54) is 10.5 Å². The van der Waals surface area contributed by atoms with E-state index >= 15 is 0 Å². The van der Waals surface area contributed by atoms with Crippen molar-refractivity contribution in [1.29, 1.82) is 0 Å². The van der Waals surface area contributed by atoms with Gasteiger partial charge in [0.15, 0.2) is 0 Å². The summed E-state index contributed by atoms with van der Waals surface area (Å²) in [6, 6.07) is 17.4. The lowest BCUT2D eigenvalue weighted by Crippen LogP contribution is -2.29. The predicted octanol–water partition coefficient (Wildman–Crippen LogP) is 5.25. The Balaban J connectivity index is 1.73. The van der Waals surface area contributed by atoms with Crippen LogP contribution < -0.4 is 4.90 Å². The highest BCUT2D eigenvalue weighted by atomic mass is 16.2. The van der Waals surface area contributed by atoms with Crippen molar-refractivity contribution < 1.29 is 9.59 Å². The number of hydrogen-bond acceptors (Lipinski definition) is 2. The molecule has 0 bridgehead atoms. The van der Waals surface area contributed by atoms with Crippen molar-refractivity contribution in [3.05, 3.63) is 76.9 Å². The number of nitrogens with one attached hydrogen (secondary N) is 1. The molecule has 4 nitrogen and oxygen atoms in total. The highest BCUT2D eigenvalue weighted by Gasteiger charge is 2.42. The topological polar surface area (TPSA) is 53.2 Å². The maximum Gasteiger partial charge on any atom is 0.268 e. The number of aryl methyl sites for hydroxylation is 1. The molecule has 1 unspecified atom stereocenters. The van der Waals surface area contributed by atoms with Crippen LogP contribution >= 0.6 is 0 Å². The van der Waals surface area contributed by atoms with Crippen molar-refractivity contribution in [1.82, 2.24) is 4.98 Å². The fourth-order valence-corrected chi connectivity index (χ4v) is 5.14. The third kappa shape index (κ3) is 2.14. The van der Waals surface area contributed by atoms with E-state index in [0.29, 0.717) is 22.7 Å². The Morgan fingerprint density at radius 1 is 0.897 bits per heavy atom. The lowest BCUT2D eigenvalue weighted by molar-refractivity contribution is 0.0926. The lowest BCUT2D eigenvalue weighted by Gasteiger charge is -2.24. The predicted molar refractivity (Wildman–Crippen MR) is 115 cm³/mol. The number of aromatic nitrogens is 1. The van der Waals surface area contributed by atoms with Crippen LogP contribution in [-0.2, 0) is 12.8 Å². The molecule has 0 spiro atoms. The summed E-state index contributed by atoms with van der Waals surface area (Å²) in [5.41, 5.74) is 5.91. The number of carbonyl (C=O) groups is 2. The van der Waals surface area contributed by atoms with Crippen LogP contribution in [0.15, 0.2) is 54.6 Å². The summed E-state index contributed by atoms with van der Waals surface area (Å²) < 4.78 is 0. The molecule has 2 heterocycles. The zero-order valence-electron chi connectivity index (χ0n) is 16.2. The molecule has 4 heteroatoms. The summed E-state index contributed by atoms with van der Waals surface area (Å²) in [5.74, 6) is 0.0822. The van der Waals surface area contributed by atoms with Crippen LogP contribution in [0, 0.1) is 5.92 Å². The molecule has 142 valence electrons. The third-order valence-corrected chi connectivity index (χ3v) is 6.46. The molecular weight excluding hydrogens is 360 g/mol. The number of aromatic amines is 1. The van der Waals surface area contributed by atoms with Gasteiger partial charge < -0.3 is 4.98 Å². The van der Waals surface area contributed by atoms with Crippen molar-refractivity contribution in [3.8, 4) is 0 Å². The number of hydrogen-bond donors (Lipinski definition) is 1. The van der Waals surface area contributed by atoms with Crippen molar-refractivity contribution in [2.75, 3.05) is 4.90 Å². The molecule has 29 heavy (non-hydrogen) atoms. The Labute approximate surface area is 168 Å². The molecule has 6 rings (SSSR count). The Morgan fingerprint density at radius 2 is 1.62 bits per heavy atom. The molecule has 4 aromatic rings. The van der Waals surface area contributed by atoms with Crippen LogP contribution in [0.5, 0.6) is 0 Å². The van der Waals surface area contributed by atoms with E-state index in [2.05, 4.69) is 18.0 Å². The van der Waals surface area contributed by atoms with Crippen molar-refractivity contribution in [3.63, 3.8) is 0 Å². The molecule has 0 fully saturated rings. The second-order valence-corrected chi connectivity index (χ2v) is 8.26. The average Bonchev–Trinajstić information content (AvgIpc) is 3.24. The molecule has 1 aromatic heterocycles. The number of fused-ring (bicyclic) bond motifs is 8. The van der Waals surface area contributed by atoms with E-state index in [1.807, 2.05) is 48.5 Å². The summed E-state index contributed by atoms with van der Waals surface area (Å²) in [4.78, 5) is 31.9. The number of carbonyl (C=O) groups excluding carboxylic acids is 2. The summed E-state index contributed by atoms with van der Waals surface area (Å²) in [6.07, 6.45) is 2.88. The largest absolute Gasteiger partial charge is 0.354 e. The number of anilines is 1. The minimum absolute atomic E-state index is 0.192. The van der Waals surface area contributed by atoms with Crippen LogP contribution in [0.3, 0.4) is 0 Å². The van der Waals surface area contributed by atoms with E-state index in [4.69, 9.17) is 0 Å². The molecule has 2 aliphatic rings. The quantitative estimate of drug-likeness (QED) is 0.459. The van der Waals surface area contributed by atoms with Gasteiger partial charge in [-0.25, -0.2) is 4.90 Å². The normalized spacial score (nSPS) is 18.5. The molecule has 0 saturated carbocycles. The van der Waals surface area contributed by atoms with Crippen LogP contribution in [0.25, 0.3) is 21.8 Å².